The minimum atomic E-state index is -4.80. The Morgan fingerprint density at radius 2 is 2.05 bits per heavy atom. The molecule has 2 aromatic heterocycles. The Morgan fingerprint density at radius 3 is 2.62 bits per heavy atom. The fourth-order valence-electron chi connectivity index (χ4n) is 1.57. The average molecular weight is 297 g/mol. The molecule has 110 valence electrons. The van der Waals surface area contributed by atoms with Crippen LogP contribution in [0.25, 0.3) is 11.5 Å². The first-order valence-corrected chi connectivity index (χ1v) is 5.96. The van der Waals surface area contributed by atoms with Gasteiger partial charge in [-0.1, -0.05) is 6.07 Å². The van der Waals surface area contributed by atoms with Crippen LogP contribution in [0.4, 0.5) is 13.2 Å². The number of aromatic nitrogens is 3. The number of halogens is 3. The molecule has 0 saturated carbocycles. The summed E-state index contributed by atoms with van der Waals surface area (Å²) in [6.07, 6.45) is -2.59. The molecule has 0 atom stereocenters. The number of hydrogen-bond acceptors (Lipinski definition) is 5. The van der Waals surface area contributed by atoms with Crippen molar-refractivity contribution in [2.75, 3.05) is 6.61 Å². The van der Waals surface area contributed by atoms with Crippen LogP contribution in [-0.2, 0) is 10.9 Å². The molecular weight excluding hydrogens is 287 g/mol. The number of hydrogen-bond donors (Lipinski definition) is 0. The van der Waals surface area contributed by atoms with Gasteiger partial charge in [-0.2, -0.15) is 13.2 Å². The molecule has 0 aliphatic rings. The first-order valence-electron chi connectivity index (χ1n) is 5.96. The summed E-state index contributed by atoms with van der Waals surface area (Å²) in [6, 6.07) is 4.68. The van der Waals surface area contributed by atoms with E-state index in [0.717, 1.165) is 6.20 Å². The molecule has 2 heterocycles. The van der Waals surface area contributed by atoms with E-state index in [4.69, 9.17) is 0 Å². The van der Waals surface area contributed by atoms with Gasteiger partial charge in [0.2, 0.25) is 0 Å². The van der Waals surface area contributed by atoms with Crippen LogP contribution in [0.5, 0.6) is 0 Å². The van der Waals surface area contributed by atoms with E-state index in [9.17, 15) is 18.0 Å². The van der Waals surface area contributed by atoms with Gasteiger partial charge < -0.3 is 4.74 Å². The molecule has 0 amide bonds. The van der Waals surface area contributed by atoms with Gasteiger partial charge in [-0.25, -0.2) is 14.8 Å². The molecule has 0 aliphatic carbocycles. The Morgan fingerprint density at radius 1 is 1.29 bits per heavy atom. The molecule has 8 heteroatoms. The van der Waals surface area contributed by atoms with E-state index < -0.39 is 23.4 Å². The van der Waals surface area contributed by atoms with Gasteiger partial charge in [0.05, 0.1) is 6.61 Å². The molecule has 0 spiro atoms. The van der Waals surface area contributed by atoms with Gasteiger partial charge in [-0.05, 0) is 19.1 Å². The second kappa shape index (κ2) is 5.86. The van der Waals surface area contributed by atoms with Crippen molar-refractivity contribution in [1.29, 1.82) is 0 Å². The minimum Gasteiger partial charge on any atom is -0.462 e. The van der Waals surface area contributed by atoms with Crippen LogP contribution < -0.4 is 0 Å². The number of carbonyl (C=O) groups excluding carboxylic acids is 1. The third-order valence-corrected chi connectivity index (χ3v) is 2.45. The summed E-state index contributed by atoms with van der Waals surface area (Å²) < 4.78 is 43.7. The Balaban J connectivity index is 2.53. The highest BCUT2D eigenvalue weighted by atomic mass is 19.4. The van der Waals surface area contributed by atoms with E-state index in [1.807, 2.05) is 0 Å². The Labute approximate surface area is 117 Å². The molecule has 0 bridgehead atoms. The molecule has 0 aliphatic heterocycles. The van der Waals surface area contributed by atoms with E-state index in [0.29, 0.717) is 0 Å². The van der Waals surface area contributed by atoms with Gasteiger partial charge in [0.15, 0.2) is 11.5 Å². The van der Waals surface area contributed by atoms with Crippen LogP contribution in [0.15, 0.2) is 30.6 Å². The number of ether oxygens (including phenoxy) is 1. The van der Waals surface area contributed by atoms with Crippen molar-refractivity contribution < 1.29 is 22.7 Å². The van der Waals surface area contributed by atoms with Crippen LogP contribution in [0.2, 0.25) is 0 Å². The van der Waals surface area contributed by atoms with Crippen molar-refractivity contribution in [3.8, 4) is 11.5 Å². The lowest BCUT2D eigenvalue weighted by Crippen LogP contribution is -2.18. The lowest BCUT2D eigenvalue weighted by Gasteiger charge is -2.11. The maximum atomic E-state index is 13.0. The standard InChI is InChI=1S/C13H10F3N3O2/c1-2-21-12(20)8-7-18-11(9-5-3-4-6-17-9)19-10(8)13(14,15)16/h3-7H,2H2,1H3. The summed E-state index contributed by atoms with van der Waals surface area (Å²) in [5.41, 5.74) is -1.88. The number of rotatable bonds is 3. The van der Waals surface area contributed by atoms with Crippen molar-refractivity contribution in [3.05, 3.63) is 41.9 Å². The molecule has 5 nitrogen and oxygen atoms in total. The normalized spacial score (nSPS) is 11.2. The summed E-state index contributed by atoms with van der Waals surface area (Å²) >= 11 is 0. The maximum absolute atomic E-state index is 13.0. The van der Waals surface area contributed by atoms with Crippen LogP contribution in [0.1, 0.15) is 23.0 Å². The quantitative estimate of drug-likeness (QED) is 0.815. The van der Waals surface area contributed by atoms with Gasteiger partial charge in [-0.15, -0.1) is 0 Å². The third kappa shape index (κ3) is 3.33. The predicted octanol–water partition coefficient (Wildman–Crippen LogP) is 2.73. The van der Waals surface area contributed by atoms with Gasteiger partial charge in [0.25, 0.3) is 0 Å². The first kappa shape index (κ1) is 14.9. The molecule has 21 heavy (non-hydrogen) atoms. The number of pyridine rings is 1. The smallest absolute Gasteiger partial charge is 0.434 e. The molecule has 0 N–H and O–H groups in total. The van der Waals surface area contributed by atoms with Crippen LogP contribution >= 0.6 is 0 Å². The zero-order valence-corrected chi connectivity index (χ0v) is 10.9. The zero-order valence-electron chi connectivity index (χ0n) is 10.9. The predicted molar refractivity (Wildman–Crippen MR) is 66.2 cm³/mol. The lowest BCUT2D eigenvalue weighted by molar-refractivity contribution is -0.141. The summed E-state index contributed by atoms with van der Waals surface area (Å²) in [4.78, 5) is 22.6. The molecule has 2 aromatic rings. The van der Waals surface area contributed by atoms with E-state index in [-0.39, 0.29) is 18.1 Å². The highest BCUT2D eigenvalue weighted by molar-refractivity contribution is 5.90. The maximum Gasteiger partial charge on any atom is 0.434 e. The zero-order chi connectivity index (χ0) is 15.5. The molecule has 0 radical (unpaired) electrons. The molecule has 0 aromatic carbocycles. The summed E-state index contributed by atoms with van der Waals surface area (Å²) in [5, 5.41) is 0. The summed E-state index contributed by atoms with van der Waals surface area (Å²) in [6.45, 7) is 1.45. The van der Waals surface area contributed by atoms with Gasteiger partial charge in [-0.3, -0.25) is 4.98 Å². The van der Waals surface area contributed by atoms with Crippen LogP contribution in [0, 0.1) is 0 Å². The van der Waals surface area contributed by atoms with E-state index in [1.165, 1.54) is 19.2 Å². The SMILES string of the molecule is CCOC(=O)c1cnc(-c2ccccn2)nc1C(F)(F)F. The average Bonchev–Trinajstić information content (AvgIpc) is 2.47. The number of carbonyl (C=O) groups is 1. The number of nitrogens with zero attached hydrogens (tertiary/aromatic N) is 3. The molecule has 0 fully saturated rings. The Hall–Kier alpha value is -2.51. The Kier molecular flexibility index (Phi) is 4.15. The number of alkyl halides is 3. The summed E-state index contributed by atoms with van der Waals surface area (Å²) in [5.74, 6) is -1.33. The second-order valence-corrected chi connectivity index (χ2v) is 3.89. The van der Waals surface area contributed by atoms with Crippen molar-refractivity contribution in [2.24, 2.45) is 0 Å². The molecule has 0 saturated heterocycles. The van der Waals surface area contributed by atoms with E-state index in [1.54, 1.807) is 12.1 Å². The van der Waals surface area contributed by atoms with Crippen LogP contribution in [-0.4, -0.2) is 27.5 Å². The first-order chi connectivity index (χ1) is 9.93. The highest BCUT2D eigenvalue weighted by Gasteiger charge is 2.38. The van der Waals surface area contributed by atoms with Gasteiger partial charge >= 0.3 is 12.1 Å². The fourth-order valence-corrected chi connectivity index (χ4v) is 1.57. The fraction of sp³-hybridized carbons (Fsp3) is 0.231. The van der Waals surface area contributed by atoms with Crippen molar-refractivity contribution in [3.63, 3.8) is 0 Å². The topological polar surface area (TPSA) is 65.0 Å². The van der Waals surface area contributed by atoms with Gasteiger partial charge in [0.1, 0.15) is 11.3 Å². The molecule has 0 unspecified atom stereocenters. The molecular formula is C13H10F3N3O2. The lowest BCUT2D eigenvalue weighted by atomic mass is 10.2. The molecule has 2 rings (SSSR count). The van der Waals surface area contributed by atoms with Crippen molar-refractivity contribution in [1.82, 2.24) is 15.0 Å². The third-order valence-electron chi connectivity index (χ3n) is 2.45. The van der Waals surface area contributed by atoms with Gasteiger partial charge in [0, 0.05) is 12.4 Å². The highest BCUT2D eigenvalue weighted by Crippen LogP contribution is 2.31. The van der Waals surface area contributed by atoms with Crippen LogP contribution in [0.3, 0.4) is 0 Å². The minimum absolute atomic E-state index is 0.0435. The Bertz CT molecular complexity index is 645. The van der Waals surface area contributed by atoms with Crippen molar-refractivity contribution >= 4 is 5.97 Å². The second-order valence-electron chi connectivity index (χ2n) is 3.89. The largest absolute Gasteiger partial charge is 0.462 e. The van der Waals surface area contributed by atoms with E-state index in [2.05, 4.69) is 19.7 Å². The van der Waals surface area contributed by atoms with E-state index >= 15 is 0 Å². The van der Waals surface area contributed by atoms with Crippen molar-refractivity contribution in [2.45, 2.75) is 13.1 Å². The number of esters is 1. The summed E-state index contributed by atoms with van der Waals surface area (Å²) in [7, 11) is 0. The monoisotopic (exact) mass is 297 g/mol.